The van der Waals surface area contributed by atoms with E-state index in [1.165, 1.54) is 32.9 Å². The molecule has 0 amide bonds. The summed E-state index contributed by atoms with van der Waals surface area (Å²) in [5.41, 5.74) is -2.30. The average molecular weight is 581 g/mol. The molecule has 2 aromatic carbocycles. The first-order chi connectivity index (χ1) is 18.2. The maximum absolute atomic E-state index is 15.6. The Morgan fingerprint density at radius 1 is 0.846 bits per heavy atom. The van der Waals surface area contributed by atoms with E-state index in [4.69, 9.17) is 4.74 Å². The second kappa shape index (κ2) is 9.23. The molecule has 1 aliphatic rings. The van der Waals surface area contributed by atoms with Gasteiger partial charge in [0.15, 0.2) is 0 Å². The molecule has 2 heterocycles. The summed E-state index contributed by atoms with van der Waals surface area (Å²) in [6, 6.07) is 11.1. The standard InChI is InChI=1S/C29H22F6O2S2/c1-14(2)26(36)37-12-11-17-9-10-19-21(13-17)39-16(4)23(19)25-24(27(30,31)29(34,35)28(25,32)33)22-15(3)38-20-8-6-5-7-18(20)22/h5-10,13H,1,11-12H2,2-4H3. The first-order valence-electron chi connectivity index (χ1n) is 11.9. The monoisotopic (exact) mass is 580 g/mol. The molecular formula is C29H22F6O2S2. The van der Waals surface area contributed by atoms with Crippen LogP contribution in [0.1, 0.15) is 33.4 Å². The number of hydrogen-bond donors (Lipinski definition) is 0. The average Bonchev–Trinajstić information content (AvgIpc) is 3.38. The molecule has 0 spiro atoms. The highest BCUT2D eigenvalue weighted by Crippen LogP contribution is 2.67. The van der Waals surface area contributed by atoms with Gasteiger partial charge in [0.1, 0.15) is 0 Å². The molecule has 4 aromatic rings. The van der Waals surface area contributed by atoms with Crippen LogP contribution in [0.5, 0.6) is 0 Å². The highest BCUT2D eigenvalue weighted by Gasteiger charge is 2.80. The fourth-order valence-electron chi connectivity index (χ4n) is 4.98. The van der Waals surface area contributed by atoms with Crippen molar-refractivity contribution in [3.8, 4) is 0 Å². The SMILES string of the molecule is C=C(C)C(=O)OCCc1ccc2c(C3=C(c4c(C)sc5ccccc45)C(F)(F)C(F)(F)C3(F)F)c(C)sc2c1. The van der Waals surface area contributed by atoms with Crippen LogP contribution < -0.4 is 0 Å². The predicted octanol–water partition coefficient (Wildman–Crippen LogP) is 9.22. The number of halogens is 6. The third kappa shape index (κ3) is 4.02. The maximum atomic E-state index is 15.6. The van der Waals surface area contributed by atoms with Crippen molar-refractivity contribution >= 4 is 60.0 Å². The van der Waals surface area contributed by atoms with Gasteiger partial charge >= 0.3 is 23.7 Å². The first kappa shape index (κ1) is 27.5. The summed E-state index contributed by atoms with van der Waals surface area (Å²) < 4.78 is 98.3. The van der Waals surface area contributed by atoms with Crippen LogP contribution in [0.15, 0.2) is 54.6 Å². The molecule has 0 saturated heterocycles. The Bertz CT molecular complexity index is 1690. The summed E-state index contributed by atoms with van der Waals surface area (Å²) >= 11 is 2.15. The van der Waals surface area contributed by atoms with Crippen molar-refractivity contribution in [3.63, 3.8) is 0 Å². The second-order valence-electron chi connectivity index (χ2n) is 9.53. The Labute approximate surface area is 228 Å². The van der Waals surface area contributed by atoms with Gasteiger partial charge in [0.2, 0.25) is 0 Å². The molecule has 0 bridgehead atoms. The second-order valence-corrected chi connectivity index (χ2v) is 12.0. The van der Waals surface area contributed by atoms with Gasteiger partial charge in [-0.25, -0.2) is 4.79 Å². The predicted molar refractivity (Wildman–Crippen MR) is 144 cm³/mol. The summed E-state index contributed by atoms with van der Waals surface area (Å²) in [5.74, 6) is -16.4. The van der Waals surface area contributed by atoms with Crippen molar-refractivity contribution in [2.45, 2.75) is 45.0 Å². The highest BCUT2D eigenvalue weighted by atomic mass is 32.1. The fourth-order valence-corrected chi connectivity index (χ4v) is 7.19. The lowest BCUT2D eigenvalue weighted by atomic mass is 9.91. The van der Waals surface area contributed by atoms with Gasteiger partial charge in [0.25, 0.3) is 0 Å². The molecule has 5 rings (SSSR count). The Hall–Kier alpha value is -3.11. The third-order valence-corrected chi connectivity index (χ3v) is 9.00. The summed E-state index contributed by atoms with van der Waals surface area (Å²) in [6.45, 7) is 8.00. The number of alkyl halides is 6. The number of carbonyl (C=O) groups excluding carboxylic acids is 1. The number of benzene rings is 2. The molecule has 1 aliphatic carbocycles. The van der Waals surface area contributed by atoms with E-state index in [-0.39, 0.29) is 43.8 Å². The van der Waals surface area contributed by atoms with Crippen LogP contribution in [-0.4, -0.2) is 30.3 Å². The number of ether oxygens (including phenoxy) is 1. The number of aryl methyl sites for hydroxylation is 2. The summed E-state index contributed by atoms with van der Waals surface area (Å²) in [6.07, 6.45) is 0.307. The number of allylic oxidation sites excluding steroid dienone is 2. The van der Waals surface area contributed by atoms with Crippen LogP contribution in [0, 0.1) is 13.8 Å². The van der Waals surface area contributed by atoms with Crippen LogP contribution in [0.3, 0.4) is 0 Å². The van der Waals surface area contributed by atoms with Gasteiger partial charge in [-0.3, -0.25) is 0 Å². The minimum atomic E-state index is -5.63. The lowest BCUT2D eigenvalue weighted by Crippen LogP contribution is -2.48. The molecule has 2 nitrogen and oxygen atoms in total. The largest absolute Gasteiger partial charge is 0.462 e. The normalized spacial score (nSPS) is 17.8. The zero-order chi connectivity index (χ0) is 28.5. The molecule has 0 saturated carbocycles. The van der Waals surface area contributed by atoms with Crippen molar-refractivity contribution in [2.75, 3.05) is 6.61 Å². The molecule has 204 valence electrons. The Morgan fingerprint density at radius 3 is 1.97 bits per heavy atom. The quantitative estimate of drug-likeness (QED) is 0.129. The zero-order valence-corrected chi connectivity index (χ0v) is 22.7. The van der Waals surface area contributed by atoms with E-state index in [2.05, 4.69) is 6.58 Å². The molecule has 2 aromatic heterocycles. The van der Waals surface area contributed by atoms with Crippen LogP contribution >= 0.6 is 22.7 Å². The van der Waals surface area contributed by atoms with Crippen molar-refractivity contribution in [3.05, 3.63) is 81.1 Å². The number of thiophene rings is 2. The lowest BCUT2D eigenvalue weighted by Gasteiger charge is -2.26. The number of rotatable bonds is 6. The Balaban J connectivity index is 1.72. The van der Waals surface area contributed by atoms with Gasteiger partial charge in [0, 0.05) is 64.2 Å². The molecule has 0 atom stereocenters. The van der Waals surface area contributed by atoms with Crippen LogP contribution in [-0.2, 0) is 16.0 Å². The number of carbonyl (C=O) groups is 1. The van der Waals surface area contributed by atoms with E-state index in [0.717, 1.165) is 22.7 Å². The molecule has 0 aliphatic heterocycles. The highest BCUT2D eigenvalue weighted by molar-refractivity contribution is 7.19. The van der Waals surface area contributed by atoms with E-state index in [9.17, 15) is 13.6 Å². The Morgan fingerprint density at radius 2 is 1.38 bits per heavy atom. The van der Waals surface area contributed by atoms with Gasteiger partial charge in [-0.05, 0) is 38.5 Å². The molecule has 0 N–H and O–H groups in total. The summed E-state index contributed by atoms with van der Waals surface area (Å²) in [5, 5.41) is 0.405. The van der Waals surface area contributed by atoms with E-state index in [1.54, 1.807) is 30.3 Å². The summed E-state index contributed by atoms with van der Waals surface area (Å²) in [4.78, 5) is 12.1. The molecule has 0 fully saturated rings. The Kier molecular flexibility index (Phi) is 6.50. The molecule has 39 heavy (non-hydrogen) atoms. The third-order valence-electron chi connectivity index (χ3n) is 6.84. The van der Waals surface area contributed by atoms with E-state index >= 15 is 17.6 Å². The van der Waals surface area contributed by atoms with Gasteiger partial charge in [-0.15, -0.1) is 22.7 Å². The van der Waals surface area contributed by atoms with Crippen molar-refractivity contribution in [1.82, 2.24) is 0 Å². The maximum Gasteiger partial charge on any atom is 0.380 e. The topological polar surface area (TPSA) is 26.3 Å². The van der Waals surface area contributed by atoms with Gasteiger partial charge in [-0.1, -0.05) is 36.9 Å². The first-order valence-corrected chi connectivity index (χ1v) is 13.6. The number of hydrogen-bond acceptors (Lipinski definition) is 4. The van der Waals surface area contributed by atoms with Crippen LogP contribution in [0.2, 0.25) is 0 Å². The van der Waals surface area contributed by atoms with Gasteiger partial charge in [-0.2, -0.15) is 26.3 Å². The molecular weight excluding hydrogens is 558 g/mol. The fraction of sp³-hybridized carbons (Fsp3) is 0.276. The van der Waals surface area contributed by atoms with Crippen molar-refractivity contribution < 1.29 is 35.9 Å². The smallest absolute Gasteiger partial charge is 0.380 e. The molecule has 0 unspecified atom stereocenters. The molecule has 10 heteroatoms. The van der Waals surface area contributed by atoms with E-state index in [0.29, 0.717) is 21.4 Å². The van der Waals surface area contributed by atoms with Gasteiger partial charge in [0.05, 0.1) is 6.61 Å². The van der Waals surface area contributed by atoms with E-state index in [1.807, 2.05) is 0 Å². The van der Waals surface area contributed by atoms with E-state index < -0.39 is 34.9 Å². The minimum absolute atomic E-state index is 0.0464. The zero-order valence-electron chi connectivity index (χ0n) is 21.1. The number of fused-ring (bicyclic) bond motifs is 2. The molecule has 0 radical (unpaired) electrons. The van der Waals surface area contributed by atoms with Gasteiger partial charge < -0.3 is 4.74 Å². The number of esters is 1. The van der Waals surface area contributed by atoms with Crippen LogP contribution in [0.4, 0.5) is 26.3 Å². The van der Waals surface area contributed by atoms with Crippen LogP contribution in [0.25, 0.3) is 31.3 Å². The van der Waals surface area contributed by atoms with Crippen molar-refractivity contribution in [2.24, 2.45) is 0 Å². The van der Waals surface area contributed by atoms with Crippen molar-refractivity contribution in [1.29, 1.82) is 0 Å². The minimum Gasteiger partial charge on any atom is -0.462 e. The lowest BCUT2D eigenvalue weighted by molar-refractivity contribution is -0.254. The summed E-state index contributed by atoms with van der Waals surface area (Å²) in [7, 11) is 0.